The molecule has 2 aliphatic rings. The Hall–Kier alpha value is -1.14. The van der Waals surface area contributed by atoms with Gasteiger partial charge in [0, 0.05) is 19.3 Å². The number of carbonyl (C=O) groups is 2. The summed E-state index contributed by atoms with van der Waals surface area (Å²) in [4.78, 5) is 22.6. The quantitative estimate of drug-likeness (QED) is 0.785. The van der Waals surface area contributed by atoms with E-state index >= 15 is 0 Å². The van der Waals surface area contributed by atoms with Crippen molar-refractivity contribution in [3.05, 3.63) is 0 Å². The summed E-state index contributed by atoms with van der Waals surface area (Å²) in [7, 11) is 0. The van der Waals surface area contributed by atoms with Gasteiger partial charge in [-0.15, -0.1) is 0 Å². The monoisotopic (exact) mass is 285 g/mol. The van der Waals surface area contributed by atoms with Crippen molar-refractivity contribution < 1.29 is 24.2 Å². The second-order valence-corrected chi connectivity index (χ2v) is 5.58. The van der Waals surface area contributed by atoms with Gasteiger partial charge < -0.3 is 19.9 Å². The molecule has 2 N–H and O–H groups in total. The van der Waals surface area contributed by atoms with Crippen LogP contribution in [0.15, 0.2) is 0 Å². The number of nitrogens with one attached hydrogen (secondary N) is 1. The zero-order chi connectivity index (χ0) is 14.4. The Morgan fingerprint density at radius 1 is 1.10 bits per heavy atom. The zero-order valence-corrected chi connectivity index (χ0v) is 11.7. The third kappa shape index (κ3) is 4.76. The maximum Gasteiger partial charge on any atom is 0.306 e. The number of hydrogen-bond donors (Lipinski definition) is 2. The zero-order valence-electron chi connectivity index (χ0n) is 11.7. The largest absolute Gasteiger partial charge is 0.481 e. The van der Waals surface area contributed by atoms with Gasteiger partial charge in [-0.1, -0.05) is 0 Å². The van der Waals surface area contributed by atoms with E-state index in [1.807, 2.05) is 0 Å². The molecule has 0 spiro atoms. The maximum absolute atomic E-state index is 11.8. The number of carbonyl (C=O) groups excluding carboxylic acids is 1. The van der Waals surface area contributed by atoms with Gasteiger partial charge in [-0.2, -0.15) is 0 Å². The third-order valence-electron chi connectivity index (χ3n) is 4.06. The standard InChI is InChI=1S/C14H23NO5/c16-13(15-11-5-7-19-8-6-11)9-20-12-3-1-10(2-4-12)14(17)18/h10-12H,1-9H2,(H,15,16)(H,17,18). The van der Waals surface area contributed by atoms with E-state index in [9.17, 15) is 9.59 Å². The van der Waals surface area contributed by atoms with Crippen molar-refractivity contribution in [1.29, 1.82) is 0 Å². The van der Waals surface area contributed by atoms with Gasteiger partial charge in [-0.3, -0.25) is 9.59 Å². The lowest BCUT2D eigenvalue weighted by molar-refractivity contribution is -0.144. The van der Waals surface area contributed by atoms with E-state index in [1.54, 1.807) is 0 Å². The van der Waals surface area contributed by atoms with Gasteiger partial charge in [-0.25, -0.2) is 0 Å². The summed E-state index contributed by atoms with van der Waals surface area (Å²) in [6, 6.07) is 0.197. The van der Waals surface area contributed by atoms with E-state index in [-0.39, 0.29) is 30.6 Å². The molecule has 0 aromatic rings. The van der Waals surface area contributed by atoms with Crippen molar-refractivity contribution in [2.75, 3.05) is 19.8 Å². The Morgan fingerprint density at radius 3 is 2.35 bits per heavy atom. The van der Waals surface area contributed by atoms with Crippen LogP contribution in [0.25, 0.3) is 0 Å². The molecule has 114 valence electrons. The van der Waals surface area contributed by atoms with Gasteiger partial charge in [-0.05, 0) is 38.5 Å². The Bertz CT molecular complexity index is 332. The van der Waals surface area contributed by atoms with Crippen molar-refractivity contribution in [2.45, 2.75) is 50.7 Å². The number of aliphatic carboxylic acids is 1. The predicted molar refractivity (Wildman–Crippen MR) is 71.3 cm³/mol. The Balaban J connectivity index is 1.60. The third-order valence-corrected chi connectivity index (χ3v) is 4.06. The van der Waals surface area contributed by atoms with E-state index < -0.39 is 5.97 Å². The number of ether oxygens (including phenoxy) is 2. The molecule has 1 heterocycles. The first-order valence-electron chi connectivity index (χ1n) is 7.36. The minimum atomic E-state index is -0.722. The normalized spacial score (nSPS) is 28.0. The van der Waals surface area contributed by atoms with Crippen LogP contribution < -0.4 is 5.32 Å². The fraction of sp³-hybridized carbons (Fsp3) is 0.857. The number of carboxylic acid groups (broad SMARTS) is 1. The molecule has 0 atom stereocenters. The molecule has 0 aromatic carbocycles. The summed E-state index contributed by atoms with van der Waals surface area (Å²) in [6.07, 6.45) is 4.46. The summed E-state index contributed by atoms with van der Waals surface area (Å²) >= 11 is 0. The molecular formula is C14H23NO5. The van der Waals surface area contributed by atoms with Crippen LogP contribution in [0.5, 0.6) is 0 Å². The lowest BCUT2D eigenvalue weighted by Crippen LogP contribution is -2.41. The molecule has 6 nitrogen and oxygen atoms in total. The smallest absolute Gasteiger partial charge is 0.306 e. The first-order valence-corrected chi connectivity index (χ1v) is 7.36. The second kappa shape index (κ2) is 7.59. The summed E-state index contributed by atoms with van der Waals surface area (Å²) in [5.74, 6) is -1.05. The highest BCUT2D eigenvalue weighted by Gasteiger charge is 2.26. The molecule has 0 unspecified atom stereocenters. The SMILES string of the molecule is O=C(COC1CCC(C(=O)O)CC1)NC1CCOCC1. The summed E-state index contributed by atoms with van der Waals surface area (Å²) in [5, 5.41) is 11.9. The van der Waals surface area contributed by atoms with Gasteiger partial charge in [0.25, 0.3) is 0 Å². The topological polar surface area (TPSA) is 84.9 Å². The average molecular weight is 285 g/mol. The first-order chi connectivity index (χ1) is 9.65. The maximum atomic E-state index is 11.8. The van der Waals surface area contributed by atoms with E-state index in [4.69, 9.17) is 14.6 Å². The van der Waals surface area contributed by atoms with E-state index in [0.717, 1.165) is 25.7 Å². The van der Waals surface area contributed by atoms with Crippen molar-refractivity contribution in [3.8, 4) is 0 Å². The van der Waals surface area contributed by atoms with Gasteiger partial charge in [0.1, 0.15) is 6.61 Å². The Labute approximate surface area is 118 Å². The molecule has 2 rings (SSSR count). The highest BCUT2D eigenvalue weighted by atomic mass is 16.5. The second-order valence-electron chi connectivity index (χ2n) is 5.58. The highest BCUT2D eigenvalue weighted by Crippen LogP contribution is 2.26. The first kappa shape index (κ1) is 15.3. The molecule has 1 saturated heterocycles. The number of hydrogen-bond acceptors (Lipinski definition) is 4. The molecular weight excluding hydrogens is 262 g/mol. The van der Waals surface area contributed by atoms with Crippen LogP contribution >= 0.6 is 0 Å². The Kier molecular flexibility index (Phi) is 5.79. The van der Waals surface area contributed by atoms with E-state index in [2.05, 4.69) is 5.32 Å². The molecule has 1 saturated carbocycles. The van der Waals surface area contributed by atoms with Crippen LogP contribution in [0, 0.1) is 5.92 Å². The number of carboxylic acids is 1. The number of amides is 1. The van der Waals surface area contributed by atoms with Crippen molar-refractivity contribution >= 4 is 11.9 Å². The number of rotatable bonds is 5. The lowest BCUT2D eigenvalue weighted by Gasteiger charge is -2.27. The molecule has 1 aliphatic carbocycles. The molecule has 0 aromatic heterocycles. The summed E-state index contributed by atoms with van der Waals surface area (Å²) in [6.45, 7) is 1.47. The molecule has 0 radical (unpaired) electrons. The van der Waals surface area contributed by atoms with E-state index in [0.29, 0.717) is 26.1 Å². The van der Waals surface area contributed by atoms with Gasteiger partial charge >= 0.3 is 5.97 Å². The minimum absolute atomic E-state index is 0.0195. The van der Waals surface area contributed by atoms with Crippen LogP contribution in [0.4, 0.5) is 0 Å². The molecule has 2 fully saturated rings. The van der Waals surface area contributed by atoms with Crippen LogP contribution in [0.3, 0.4) is 0 Å². The highest BCUT2D eigenvalue weighted by molar-refractivity contribution is 5.77. The molecule has 0 bridgehead atoms. The van der Waals surface area contributed by atoms with Crippen molar-refractivity contribution in [1.82, 2.24) is 5.32 Å². The van der Waals surface area contributed by atoms with Gasteiger partial charge in [0.05, 0.1) is 12.0 Å². The average Bonchev–Trinajstić information content (AvgIpc) is 2.46. The summed E-state index contributed by atoms with van der Waals surface area (Å²) in [5.41, 5.74) is 0. The molecule has 20 heavy (non-hydrogen) atoms. The summed E-state index contributed by atoms with van der Waals surface area (Å²) < 4.78 is 10.8. The predicted octanol–water partition coefficient (Wildman–Crippen LogP) is 0.942. The van der Waals surface area contributed by atoms with Crippen LogP contribution in [0.2, 0.25) is 0 Å². The van der Waals surface area contributed by atoms with Crippen molar-refractivity contribution in [3.63, 3.8) is 0 Å². The van der Waals surface area contributed by atoms with Crippen molar-refractivity contribution in [2.24, 2.45) is 5.92 Å². The Morgan fingerprint density at radius 2 is 1.75 bits per heavy atom. The van der Waals surface area contributed by atoms with Crippen LogP contribution in [-0.4, -0.2) is 48.9 Å². The fourth-order valence-corrected chi connectivity index (χ4v) is 2.78. The van der Waals surface area contributed by atoms with Gasteiger partial charge in [0.2, 0.25) is 5.91 Å². The molecule has 6 heteroatoms. The van der Waals surface area contributed by atoms with Gasteiger partial charge in [0.15, 0.2) is 0 Å². The molecule has 1 amide bonds. The van der Waals surface area contributed by atoms with E-state index in [1.165, 1.54) is 0 Å². The molecule has 1 aliphatic heterocycles. The van der Waals surface area contributed by atoms with Crippen LogP contribution in [0.1, 0.15) is 38.5 Å². The lowest BCUT2D eigenvalue weighted by atomic mass is 9.87. The fourth-order valence-electron chi connectivity index (χ4n) is 2.78. The minimum Gasteiger partial charge on any atom is -0.481 e. The van der Waals surface area contributed by atoms with Crippen LogP contribution in [-0.2, 0) is 19.1 Å².